The lowest BCUT2D eigenvalue weighted by Gasteiger charge is -2.23. The number of hydrogen-bond acceptors (Lipinski definition) is 2. The van der Waals surface area contributed by atoms with E-state index in [-0.39, 0.29) is 0 Å². The van der Waals surface area contributed by atoms with Crippen molar-refractivity contribution in [2.45, 2.75) is 59.1 Å². The van der Waals surface area contributed by atoms with Crippen molar-refractivity contribution in [1.29, 1.82) is 0 Å². The highest BCUT2D eigenvalue weighted by Crippen LogP contribution is 2.12. The molecule has 2 N–H and O–H groups in total. The van der Waals surface area contributed by atoms with E-state index in [1.54, 1.807) is 0 Å². The van der Waals surface area contributed by atoms with Crippen molar-refractivity contribution in [2.75, 3.05) is 19.7 Å². The van der Waals surface area contributed by atoms with Crippen LogP contribution in [0.1, 0.15) is 47.0 Å². The third-order valence-corrected chi connectivity index (χ3v) is 3.44. The zero-order valence-corrected chi connectivity index (χ0v) is 12.3. The van der Waals surface area contributed by atoms with Crippen LogP contribution in [-0.4, -0.2) is 37.8 Å². The van der Waals surface area contributed by atoms with Crippen LogP contribution >= 0.6 is 0 Å². The van der Waals surface area contributed by atoms with E-state index in [1.807, 2.05) is 0 Å². The number of ether oxygens (including phenoxy) is 1. The first-order chi connectivity index (χ1) is 8.63. The number of hydrogen-bond donors (Lipinski definition) is 2. The fourth-order valence-electron chi connectivity index (χ4n) is 1.85. The zero-order chi connectivity index (χ0) is 13.4. The molecule has 106 valence electrons. The summed E-state index contributed by atoms with van der Waals surface area (Å²) in [4.78, 5) is 4.63. The van der Waals surface area contributed by atoms with E-state index in [2.05, 4.69) is 43.3 Å². The smallest absolute Gasteiger partial charge is 0.191 e. The minimum atomic E-state index is 0.309. The SMILES string of the molecule is CCNC(=NCC1CCCCO1)NC(C)C(C)C. The molecule has 1 fully saturated rings. The maximum absolute atomic E-state index is 5.70. The maximum atomic E-state index is 5.70. The van der Waals surface area contributed by atoms with Crippen LogP contribution < -0.4 is 10.6 Å². The van der Waals surface area contributed by atoms with E-state index < -0.39 is 0 Å². The lowest BCUT2D eigenvalue weighted by Crippen LogP contribution is -2.44. The molecule has 1 rings (SSSR count). The summed E-state index contributed by atoms with van der Waals surface area (Å²) < 4.78 is 5.70. The molecular weight excluding hydrogens is 226 g/mol. The van der Waals surface area contributed by atoms with Gasteiger partial charge in [-0.1, -0.05) is 13.8 Å². The van der Waals surface area contributed by atoms with E-state index in [0.717, 1.165) is 32.1 Å². The Morgan fingerprint density at radius 1 is 1.33 bits per heavy atom. The lowest BCUT2D eigenvalue weighted by atomic mass is 10.1. The summed E-state index contributed by atoms with van der Waals surface area (Å²) in [6, 6.07) is 0.426. The molecule has 0 amide bonds. The molecule has 0 spiro atoms. The molecule has 0 aromatic rings. The first-order valence-electron chi connectivity index (χ1n) is 7.30. The second-order valence-electron chi connectivity index (χ2n) is 5.39. The third-order valence-electron chi connectivity index (χ3n) is 3.44. The number of rotatable bonds is 5. The predicted molar refractivity (Wildman–Crippen MR) is 77.0 cm³/mol. The number of nitrogens with zero attached hydrogens (tertiary/aromatic N) is 1. The molecule has 2 unspecified atom stereocenters. The Bertz CT molecular complexity index is 247. The van der Waals surface area contributed by atoms with E-state index in [4.69, 9.17) is 4.74 Å². The molecule has 0 aliphatic carbocycles. The van der Waals surface area contributed by atoms with Crippen LogP contribution in [0.5, 0.6) is 0 Å². The van der Waals surface area contributed by atoms with Gasteiger partial charge >= 0.3 is 0 Å². The monoisotopic (exact) mass is 255 g/mol. The van der Waals surface area contributed by atoms with Gasteiger partial charge in [-0.05, 0) is 39.0 Å². The van der Waals surface area contributed by atoms with E-state index in [9.17, 15) is 0 Å². The maximum Gasteiger partial charge on any atom is 0.191 e. The van der Waals surface area contributed by atoms with Crippen LogP contribution in [0.2, 0.25) is 0 Å². The molecule has 1 aliphatic rings. The van der Waals surface area contributed by atoms with Gasteiger partial charge in [0, 0.05) is 19.2 Å². The van der Waals surface area contributed by atoms with Crippen LogP contribution in [0.3, 0.4) is 0 Å². The molecule has 18 heavy (non-hydrogen) atoms. The normalized spacial score (nSPS) is 22.9. The molecule has 4 heteroatoms. The van der Waals surface area contributed by atoms with Gasteiger partial charge in [0.2, 0.25) is 0 Å². The van der Waals surface area contributed by atoms with E-state index >= 15 is 0 Å². The van der Waals surface area contributed by atoms with Crippen molar-refractivity contribution in [2.24, 2.45) is 10.9 Å². The van der Waals surface area contributed by atoms with Gasteiger partial charge < -0.3 is 15.4 Å². The average molecular weight is 255 g/mol. The average Bonchev–Trinajstić information content (AvgIpc) is 2.37. The van der Waals surface area contributed by atoms with Gasteiger partial charge in [0.15, 0.2) is 5.96 Å². The quantitative estimate of drug-likeness (QED) is 0.584. The van der Waals surface area contributed by atoms with Crippen molar-refractivity contribution in [3.63, 3.8) is 0 Å². The van der Waals surface area contributed by atoms with Crippen LogP contribution in [0.4, 0.5) is 0 Å². The molecule has 0 aromatic heterocycles. The highest BCUT2D eigenvalue weighted by Gasteiger charge is 2.14. The summed E-state index contributed by atoms with van der Waals surface area (Å²) in [6.45, 7) is 11.3. The van der Waals surface area contributed by atoms with Gasteiger partial charge in [0.1, 0.15) is 0 Å². The Balaban J connectivity index is 2.43. The van der Waals surface area contributed by atoms with Gasteiger partial charge in [0.05, 0.1) is 12.6 Å². The first kappa shape index (κ1) is 15.3. The second kappa shape index (κ2) is 8.35. The standard InChI is InChI=1S/C14H29N3O/c1-5-15-14(17-12(4)11(2)3)16-10-13-8-6-7-9-18-13/h11-13H,5-10H2,1-4H3,(H2,15,16,17). The third kappa shape index (κ3) is 5.71. The fraction of sp³-hybridized carbons (Fsp3) is 0.929. The highest BCUT2D eigenvalue weighted by atomic mass is 16.5. The van der Waals surface area contributed by atoms with Crippen molar-refractivity contribution in [3.8, 4) is 0 Å². The molecule has 4 nitrogen and oxygen atoms in total. The molecule has 2 atom stereocenters. The zero-order valence-electron chi connectivity index (χ0n) is 12.3. The van der Waals surface area contributed by atoms with Gasteiger partial charge in [-0.25, -0.2) is 0 Å². The number of guanidine groups is 1. The topological polar surface area (TPSA) is 45.7 Å². The Morgan fingerprint density at radius 2 is 2.11 bits per heavy atom. The van der Waals surface area contributed by atoms with Crippen LogP contribution in [0.25, 0.3) is 0 Å². The highest BCUT2D eigenvalue weighted by molar-refractivity contribution is 5.80. The van der Waals surface area contributed by atoms with Crippen molar-refractivity contribution in [1.82, 2.24) is 10.6 Å². The molecule has 0 saturated carbocycles. The van der Waals surface area contributed by atoms with Gasteiger partial charge in [-0.15, -0.1) is 0 Å². The molecular formula is C14H29N3O. The van der Waals surface area contributed by atoms with Crippen LogP contribution in [0, 0.1) is 5.92 Å². The Kier molecular flexibility index (Phi) is 7.09. The van der Waals surface area contributed by atoms with Crippen LogP contribution in [-0.2, 0) is 4.74 Å². The minimum Gasteiger partial charge on any atom is -0.376 e. The molecule has 1 saturated heterocycles. The van der Waals surface area contributed by atoms with Crippen LogP contribution in [0.15, 0.2) is 4.99 Å². The Labute approximate surface area is 112 Å². The molecule has 1 aliphatic heterocycles. The summed E-state index contributed by atoms with van der Waals surface area (Å²) in [6.07, 6.45) is 3.92. The Hall–Kier alpha value is -0.770. The number of aliphatic imine (C=N–C) groups is 1. The summed E-state index contributed by atoms with van der Waals surface area (Å²) in [5.41, 5.74) is 0. The van der Waals surface area contributed by atoms with Crippen molar-refractivity contribution in [3.05, 3.63) is 0 Å². The Morgan fingerprint density at radius 3 is 2.67 bits per heavy atom. The van der Waals surface area contributed by atoms with Gasteiger partial charge in [0.25, 0.3) is 0 Å². The summed E-state index contributed by atoms with van der Waals surface area (Å²) in [5.74, 6) is 1.51. The molecule has 0 bridgehead atoms. The van der Waals surface area contributed by atoms with Crippen molar-refractivity contribution < 1.29 is 4.74 Å². The lowest BCUT2D eigenvalue weighted by molar-refractivity contribution is 0.0224. The predicted octanol–water partition coefficient (Wildman–Crippen LogP) is 2.16. The minimum absolute atomic E-state index is 0.309. The van der Waals surface area contributed by atoms with Crippen molar-refractivity contribution >= 4 is 5.96 Å². The molecule has 0 aromatic carbocycles. The summed E-state index contributed by atoms with van der Waals surface area (Å²) in [5, 5.41) is 6.73. The largest absolute Gasteiger partial charge is 0.376 e. The number of nitrogens with one attached hydrogen (secondary N) is 2. The molecule has 1 heterocycles. The molecule has 0 radical (unpaired) electrons. The first-order valence-corrected chi connectivity index (χ1v) is 7.30. The van der Waals surface area contributed by atoms with Gasteiger partial charge in [-0.3, -0.25) is 4.99 Å². The summed E-state index contributed by atoms with van der Waals surface area (Å²) >= 11 is 0. The fourth-order valence-corrected chi connectivity index (χ4v) is 1.85. The van der Waals surface area contributed by atoms with E-state index in [1.165, 1.54) is 12.8 Å². The second-order valence-corrected chi connectivity index (χ2v) is 5.39. The summed E-state index contributed by atoms with van der Waals surface area (Å²) in [7, 11) is 0. The van der Waals surface area contributed by atoms with E-state index in [0.29, 0.717) is 18.1 Å². The van der Waals surface area contributed by atoms with Gasteiger partial charge in [-0.2, -0.15) is 0 Å².